The third kappa shape index (κ3) is 3.95. The number of hydrogen-bond donors (Lipinski definition) is 2. The maximum atomic E-state index is 12.2. The summed E-state index contributed by atoms with van der Waals surface area (Å²) in [5.41, 5.74) is 6.03. The fraction of sp³-hybridized carbons (Fsp3) is 0.938. The number of rotatable bonds is 3. The maximum absolute atomic E-state index is 12.2. The van der Waals surface area contributed by atoms with Gasteiger partial charge in [0.1, 0.15) is 0 Å². The maximum Gasteiger partial charge on any atom is 0.234 e. The molecule has 1 aliphatic heterocycles. The zero-order valence-corrected chi connectivity index (χ0v) is 13.3. The molecule has 0 spiro atoms. The van der Waals surface area contributed by atoms with Crippen LogP contribution < -0.4 is 11.1 Å². The number of hydrogen-bond acceptors (Lipinski definition) is 3. The van der Waals surface area contributed by atoms with E-state index in [1.54, 1.807) is 0 Å². The Morgan fingerprint density at radius 2 is 1.95 bits per heavy atom. The first kappa shape index (κ1) is 15.8. The van der Waals surface area contributed by atoms with Crippen LogP contribution in [0.25, 0.3) is 0 Å². The molecule has 3 N–H and O–H groups in total. The minimum atomic E-state index is 0.193. The minimum Gasteiger partial charge on any atom is -0.352 e. The van der Waals surface area contributed by atoms with Gasteiger partial charge < -0.3 is 11.1 Å². The van der Waals surface area contributed by atoms with Gasteiger partial charge >= 0.3 is 0 Å². The van der Waals surface area contributed by atoms with Gasteiger partial charge in [-0.15, -0.1) is 0 Å². The van der Waals surface area contributed by atoms with Crippen molar-refractivity contribution in [2.24, 2.45) is 23.5 Å². The van der Waals surface area contributed by atoms with E-state index in [0.29, 0.717) is 30.5 Å². The summed E-state index contributed by atoms with van der Waals surface area (Å²) in [4.78, 5) is 14.5. The third-order valence-electron chi connectivity index (χ3n) is 5.48. The summed E-state index contributed by atoms with van der Waals surface area (Å²) in [5, 5.41) is 3.26. The molecule has 4 nitrogen and oxygen atoms in total. The largest absolute Gasteiger partial charge is 0.352 e. The van der Waals surface area contributed by atoms with Gasteiger partial charge in [-0.1, -0.05) is 33.6 Å². The van der Waals surface area contributed by atoms with Crippen LogP contribution in [0.2, 0.25) is 0 Å². The summed E-state index contributed by atoms with van der Waals surface area (Å²) in [6.07, 6.45) is 4.69. The molecule has 1 heterocycles. The van der Waals surface area contributed by atoms with E-state index in [-0.39, 0.29) is 5.91 Å². The number of nitrogens with two attached hydrogens (primary N) is 1. The highest BCUT2D eigenvalue weighted by Gasteiger charge is 2.29. The number of likely N-dealkylation sites (tertiary alicyclic amines) is 1. The molecule has 1 saturated carbocycles. The van der Waals surface area contributed by atoms with Crippen molar-refractivity contribution in [1.82, 2.24) is 10.2 Å². The number of nitrogens with zero attached hydrogens (tertiary/aromatic N) is 1. The van der Waals surface area contributed by atoms with Gasteiger partial charge in [-0.25, -0.2) is 0 Å². The predicted molar refractivity (Wildman–Crippen MR) is 82.3 cm³/mol. The predicted octanol–water partition coefficient (Wildman–Crippen LogP) is 1.60. The second-order valence-corrected chi connectivity index (χ2v) is 7.11. The van der Waals surface area contributed by atoms with Crippen LogP contribution in [0, 0.1) is 17.8 Å². The van der Waals surface area contributed by atoms with Gasteiger partial charge in [0.05, 0.1) is 6.54 Å². The first-order valence-electron chi connectivity index (χ1n) is 8.24. The molecule has 5 unspecified atom stereocenters. The van der Waals surface area contributed by atoms with Crippen LogP contribution in [0.1, 0.15) is 46.5 Å². The van der Waals surface area contributed by atoms with Crippen molar-refractivity contribution in [3.8, 4) is 0 Å². The van der Waals surface area contributed by atoms with Crippen molar-refractivity contribution in [2.75, 3.05) is 19.6 Å². The summed E-state index contributed by atoms with van der Waals surface area (Å²) in [5.74, 6) is 2.01. The molecule has 0 aromatic heterocycles. The average Bonchev–Trinajstić information content (AvgIpc) is 2.39. The number of amides is 1. The Labute approximate surface area is 123 Å². The van der Waals surface area contributed by atoms with Crippen LogP contribution in [-0.2, 0) is 4.79 Å². The summed E-state index contributed by atoms with van der Waals surface area (Å²) >= 11 is 0. The third-order valence-corrected chi connectivity index (χ3v) is 5.48. The van der Waals surface area contributed by atoms with Gasteiger partial charge in [0.25, 0.3) is 0 Å². The smallest absolute Gasteiger partial charge is 0.234 e. The molecule has 0 aromatic rings. The summed E-state index contributed by atoms with van der Waals surface area (Å²) in [6, 6.07) is 0.671. The molecule has 20 heavy (non-hydrogen) atoms. The molecule has 2 rings (SSSR count). The Bertz CT molecular complexity index is 334. The van der Waals surface area contributed by atoms with Gasteiger partial charge in [-0.2, -0.15) is 0 Å². The molecule has 1 aliphatic carbocycles. The second-order valence-electron chi connectivity index (χ2n) is 7.11. The lowest BCUT2D eigenvalue weighted by Gasteiger charge is -2.37. The number of nitrogens with one attached hydrogen (secondary N) is 1. The van der Waals surface area contributed by atoms with Crippen molar-refractivity contribution in [2.45, 2.75) is 58.5 Å². The molecular formula is C16H31N3O. The van der Waals surface area contributed by atoms with Crippen molar-refractivity contribution < 1.29 is 4.79 Å². The van der Waals surface area contributed by atoms with Crippen LogP contribution in [0.15, 0.2) is 0 Å². The van der Waals surface area contributed by atoms with E-state index in [0.717, 1.165) is 31.8 Å². The highest BCUT2D eigenvalue weighted by atomic mass is 16.2. The summed E-state index contributed by atoms with van der Waals surface area (Å²) in [7, 11) is 0. The topological polar surface area (TPSA) is 58.4 Å². The van der Waals surface area contributed by atoms with E-state index in [1.807, 2.05) is 0 Å². The Morgan fingerprint density at radius 1 is 1.20 bits per heavy atom. The molecule has 0 bridgehead atoms. The summed E-state index contributed by atoms with van der Waals surface area (Å²) in [6.45, 7) is 9.20. The minimum absolute atomic E-state index is 0.193. The molecule has 2 aliphatic rings. The lowest BCUT2D eigenvalue weighted by Crippen LogP contribution is -2.51. The molecule has 1 amide bonds. The molecule has 0 aromatic carbocycles. The second kappa shape index (κ2) is 6.90. The van der Waals surface area contributed by atoms with Gasteiger partial charge in [0.2, 0.25) is 5.91 Å². The van der Waals surface area contributed by atoms with E-state index < -0.39 is 0 Å². The molecule has 4 heteroatoms. The average molecular weight is 281 g/mol. The normalized spacial score (nSPS) is 39.5. The monoisotopic (exact) mass is 281 g/mol. The standard InChI is InChI=1S/C16H31N3O/c1-11-5-4-6-15(13(11)3)18-16(20)10-19-8-7-14(17)12(2)9-19/h11-15H,4-10,17H2,1-3H3,(H,18,20). The van der Waals surface area contributed by atoms with Crippen molar-refractivity contribution in [3.63, 3.8) is 0 Å². The molecule has 116 valence electrons. The fourth-order valence-corrected chi connectivity index (χ4v) is 3.63. The Hall–Kier alpha value is -0.610. The zero-order chi connectivity index (χ0) is 14.7. The number of carbonyl (C=O) groups is 1. The highest BCUT2D eigenvalue weighted by Crippen LogP contribution is 2.29. The molecule has 2 fully saturated rings. The van der Waals surface area contributed by atoms with Crippen LogP contribution in [-0.4, -0.2) is 42.5 Å². The highest BCUT2D eigenvalue weighted by molar-refractivity contribution is 5.78. The molecule has 0 radical (unpaired) electrons. The van der Waals surface area contributed by atoms with Crippen molar-refractivity contribution in [1.29, 1.82) is 0 Å². The van der Waals surface area contributed by atoms with Gasteiger partial charge in [0.15, 0.2) is 0 Å². The molecular weight excluding hydrogens is 250 g/mol. The van der Waals surface area contributed by atoms with E-state index in [1.165, 1.54) is 12.8 Å². The fourth-order valence-electron chi connectivity index (χ4n) is 3.63. The lowest BCUT2D eigenvalue weighted by atomic mass is 9.78. The van der Waals surface area contributed by atoms with E-state index in [2.05, 4.69) is 31.0 Å². The number of piperidine rings is 1. The van der Waals surface area contributed by atoms with E-state index in [4.69, 9.17) is 5.73 Å². The van der Waals surface area contributed by atoms with Crippen LogP contribution >= 0.6 is 0 Å². The first-order valence-corrected chi connectivity index (χ1v) is 8.24. The van der Waals surface area contributed by atoms with Crippen LogP contribution in [0.3, 0.4) is 0 Å². The van der Waals surface area contributed by atoms with E-state index >= 15 is 0 Å². The Balaban J connectivity index is 1.77. The van der Waals surface area contributed by atoms with Gasteiger partial charge in [0, 0.05) is 25.2 Å². The molecule has 5 atom stereocenters. The lowest BCUT2D eigenvalue weighted by molar-refractivity contribution is -0.124. The first-order chi connectivity index (χ1) is 9.47. The Kier molecular flexibility index (Phi) is 5.44. The van der Waals surface area contributed by atoms with Crippen LogP contribution in [0.5, 0.6) is 0 Å². The van der Waals surface area contributed by atoms with Crippen LogP contribution in [0.4, 0.5) is 0 Å². The number of carbonyl (C=O) groups excluding carboxylic acids is 1. The van der Waals surface area contributed by atoms with Gasteiger partial charge in [-0.3, -0.25) is 9.69 Å². The van der Waals surface area contributed by atoms with Crippen molar-refractivity contribution >= 4 is 5.91 Å². The van der Waals surface area contributed by atoms with Crippen molar-refractivity contribution in [3.05, 3.63) is 0 Å². The zero-order valence-electron chi connectivity index (χ0n) is 13.3. The SMILES string of the molecule is CC1CN(CC(=O)NC2CCCC(C)C2C)CCC1N. The molecule has 1 saturated heterocycles. The van der Waals surface area contributed by atoms with Gasteiger partial charge in [-0.05, 0) is 30.6 Å². The quantitative estimate of drug-likeness (QED) is 0.826. The Morgan fingerprint density at radius 3 is 2.65 bits per heavy atom. The summed E-state index contributed by atoms with van der Waals surface area (Å²) < 4.78 is 0. The van der Waals surface area contributed by atoms with E-state index in [9.17, 15) is 4.79 Å².